The second-order valence-corrected chi connectivity index (χ2v) is 6.23. The fourth-order valence-corrected chi connectivity index (χ4v) is 2.84. The largest absolute Gasteiger partial charge is 0.482 e. The minimum Gasteiger partial charge on any atom is -0.482 e. The van der Waals surface area contributed by atoms with Crippen LogP contribution < -0.4 is 15.0 Å². The molecule has 0 unspecified atom stereocenters. The molecule has 1 N–H and O–H groups in total. The minimum atomic E-state index is -0.267. The van der Waals surface area contributed by atoms with E-state index < -0.39 is 0 Å². The van der Waals surface area contributed by atoms with E-state index >= 15 is 0 Å². The van der Waals surface area contributed by atoms with E-state index in [4.69, 9.17) is 16.3 Å². The fraction of sp³-hybridized carbons (Fsp3) is 0.222. The summed E-state index contributed by atoms with van der Waals surface area (Å²) in [6, 6.07) is 12.0. The van der Waals surface area contributed by atoms with Crippen LogP contribution in [-0.4, -0.2) is 24.5 Å². The van der Waals surface area contributed by atoms with Crippen LogP contribution in [0.15, 0.2) is 42.5 Å². The molecule has 24 heavy (non-hydrogen) atoms. The van der Waals surface area contributed by atoms with Crippen LogP contribution in [0.3, 0.4) is 0 Å². The van der Waals surface area contributed by atoms with E-state index in [0.717, 1.165) is 0 Å². The summed E-state index contributed by atoms with van der Waals surface area (Å²) >= 11 is 5.92. The van der Waals surface area contributed by atoms with Crippen molar-refractivity contribution in [1.29, 1.82) is 0 Å². The van der Waals surface area contributed by atoms with Crippen molar-refractivity contribution < 1.29 is 14.3 Å². The van der Waals surface area contributed by atoms with Gasteiger partial charge in [-0.1, -0.05) is 17.7 Å². The monoisotopic (exact) mass is 344 g/mol. The van der Waals surface area contributed by atoms with Gasteiger partial charge in [-0.05, 0) is 50.2 Å². The molecule has 1 aliphatic rings. The van der Waals surface area contributed by atoms with Gasteiger partial charge in [0.25, 0.3) is 11.8 Å². The average Bonchev–Trinajstić information content (AvgIpc) is 2.54. The van der Waals surface area contributed by atoms with Crippen LogP contribution in [0.2, 0.25) is 5.02 Å². The number of ether oxygens (including phenoxy) is 1. The normalized spacial score (nSPS) is 13.5. The summed E-state index contributed by atoms with van der Waals surface area (Å²) in [5, 5.41) is 3.32. The van der Waals surface area contributed by atoms with Gasteiger partial charge >= 0.3 is 0 Å². The summed E-state index contributed by atoms with van der Waals surface area (Å²) < 4.78 is 5.46. The number of nitrogens with zero attached hydrogens (tertiary/aromatic N) is 1. The second-order valence-electron chi connectivity index (χ2n) is 5.79. The molecule has 0 atom stereocenters. The van der Waals surface area contributed by atoms with Gasteiger partial charge in [0.2, 0.25) is 0 Å². The zero-order valence-electron chi connectivity index (χ0n) is 13.4. The topological polar surface area (TPSA) is 58.6 Å². The first-order valence-corrected chi connectivity index (χ1v) is 7.99. The van der Waals surface area contributed by atoms with Crippen LogP contribution in [-0.2, 0) is 4.79 Å². The van der Waals surface area contributed by atoms with Crippen molar-refractivity contribution in [2.75, 3.05) is 16.8 Å². The Morgan fingerprint density at radius 1 is 1.25 bits per heavy atom. The lowest BCUT2D eigenvalue weighted by atomic mass is 10.1. The lowest BCUT2D eigenvalue weighted by Gasteiger charge is -2.32. The molecule has 1 aliphatic heterocycles. The predicted octanol–water partition coefficient (Wildman–Crippen LogP) is 3.73. The highest BCUT2D eigenvalue weighted by Gasteiger charge is 2.28. The van der Waals surface area contributed by atoms with Crippen LogP contribution in [0.1, 0.15) is 24.2 Å². The molecule has 2 amide bonds. The van der Waals surface area contributed by atoms with Crippen LogP contribution in [0.25, 0.3) is 0 Å². The highest BCUT2D eigenvalue weighted by molar-refractivity contribution is 6.31. The molecule has 2 aromatic carbocycles. The van der Waals surface area contributed by atoms with Gasteiger partial charge < -0.3 is 15.0 Å². The van der Waals surface area contributed by atoms with E-state index in [1.165, 1.54) is 0 Å². The molecule has 0 radical (unpaired) electrons. The van der Waals surface area contributed by atoms with Crippen molar-refractivity contribution in [3.05, 3.63) is 53.1 Å². The maximum absolute atomic E-state index is 12.3. The molecule has 0 aromatic heterocycles. The van der Waals surface area contributed by atoms with Crippen LogP contribution >= 0.6 is 11.6 Å². The maximum atomic E-state index is 12.3. The number of halogens is 1. The standard InChI is InChI=1S/C18H17ClN2O3/c1-11(2)21-15-9-14(6-7-16(15)24-10-17(21)22)20-18(23)12-4-3-5-13(19)8-12/h3-9,11H,10H2,1-2H3,(H,20,23). The first-order chi connectivity index (χ1) is 11.5. The van der Waals surface area contributed by atoms with E-state index in [2.05, 4.69) is 5.32 Å². The molecule has 3 rings (SSSR count). The Hall–Kier alpha value is -2.53. The quantitative estimate of drug-likeness (QED) is 0.923. The zero-order valence-corrected chi connectivity index (χ0v) is 14.1. The molecule has 0 saturated carbocycles. The number of anilines is 2. The maximum Gasteiger partial charge on any atom is 0.265 e. The lowest BCUT2D eigenvalue weighted by Crippen LogP contribution is -2.43. The molecule has 0 saturated heterocycles. The number of benzene rings is 2. The highest BCUT2D eigenvalue weighted by atomic mass is 35.5. The smallest absolute Gasteiger partial charge is 0.265 e. The van der Waals surface area contributed by atoms with Crippen molar-refractivity contribution in [2.24, 2.45) is 0 Å². The molecule has 6 heteroatoms. The predicted molar refractivity (Wildman–Crippen MR) is 94.0 cm³/mol. The van der Waals surface area contributed by atoms with E-state index in [0.29, 0.717) is 27.7 Å². The Morgan fingerprint density at radius 3 is 2.75 bits per heavy atom. The molecule has 5 nitrogen and oxygen atoms in total. The second kappa shape index (κ2) is 6.53. The van der Waals surface area contributed by atoms with Crippen LogP contribution in [0.5, 0.6) is 5.75 Å². The number of carbonyl (C=O) groups excluding carboxylic acids is 2. The van der Waals surface area contributed by atoms with E-state index in [1.807, 2.05) is 13.8 Å². The van der Waals surface area contributed by atoms with E-state index in [1.54, 1.807) is 47.4 Å². The molecular weight excluding hydrogens is 328 g/mol. The number of amides is 2. The van der Waals surface area contributed by atoms with Gasteiger partial charge in [-0.15, -0.1) is 0 Å². The number of hydrogen-bond donors (Lipinski definition) is 1. The molecule has 1 heterocycles. The van der Waals surface area contributed by atoms with Crippen molar-refractivity contribution >= 4 is 34.8 Å². The van der Waals surface area contributed by atoms with Crippen molar-refractivity contribution in [3.63, 3.8) is 0 Å². The van der Waals surface area contributed by atoms with E-state index in [-0.39, 0.29) is 24.5 Å². The Bertz CT molecular complexity index is 805. The number of carbonyl (C=O) groups is 2. The Morgan fingerprint density at radius 2 is 2.04 bits per heavy atom. The first kappa shape index (κ1) is 16.3. The van der Waals surface area contributed by atoms with Crippen molar-refractivity contribution in [3.8, 4) is 5.75 Å². The van der Waals surface area contributed by atoms with Crippen molar-refractivity contribution in [2.45, 2.75) is 19.9 Å². The van der Waals surface area contributed by atoms with Gasteiger partial charge in [0.05, 0.1) is 5.69 Å². The molecule has 0 fully saturated rings. The Balaban J connectivity index is 1.88. The third-order valence-electron chi connectivity index (χ3n) is 3.70. The molecule has 2 aromatic rings. The summed E-state index contributed by atoms with van der Waals surface area (Å²) in [6.45, 7) is 3.90. The summed E-state index contributed by atoms with van der Waals surface area (Å²) in [7, 11) is 0. The summed E-state index contributed by atoms with van der Waals surface area (Å²) in [5.74, 6) is 0.261. The van der Waals surface area contributed by atoms with Gasteiger partial charge in [0.15, 0.2) is 6.61 Å². The number of rotatable bonds is 3. The molecular formula is C18H17ClN2O3. The minimum absolute atomic E-state index is 0.000897. The SMILES string of the molecule is CC(C)N1C(=O)COc2ccc(NC(=O)c3cccc(Cl)c3)cc21. The number of hydrogen-bond acceptors (Lipinski definition) is 3. The summed E-state index contributed by atoms with van der Waals surface area (Å²) in [4.78, 5) is 26.1. The zero-order chi connectivity index (χ0) is 17.3. The molecule has 124 valence electrons. The third-order valence-corrected chi connectivity index (χ3v) is 3.93. The van der Waals surface area contributed by atoms with Crippen LogP contribution in [0, 0.1) is 0 Å². The van der Waals surface area contributed by atoms with Gasteiger partial charge in [-0.25, -0.2) is 0 Å². The number of fused-ring (bicyclic) bond motifs is 1. The first-order valence-electron chi connectivity index (χ1n) is 7.61. The van der Waals surface area contributed by atoms with Gasteiger partial charge in [0.1, 0.15) is 5.75 Å². The highest BCUT2D eigenvalue weighted by Crippen LogP contribution is 2.35. The molecule has 0 aliphatic carbocycles. The summed E-state index contributed by atoms with van der Waals surface area (Å²) in [5.41, 5.74) is 1.71. The molecule has 0 spiro atoms. The Kier molecular flexibility index (Phi) is 4.44. The molecule has 0 bridgehead atoms. The van der Waals surface area contributed by atoms with Gasteiger partial charge in [0, 0.05) is 22.3 Å². The van der Waals surface area contributed by atoms with Gasteiger partial charge in [-0.2, -0.15) is 0 Å². The average molecular weight is 345 g/mol. The van der Waals surface area contributed by atoms with Crippen LogP contribution in [0.4, 0.5) is 11.4 Å². The lowest BCUT2D eigenvalue weighted by molar-refractivity contribution is -0.121. The fourth-order valence-electron chi connectivity index (χ4n) is 2.65. The summed E-state index contributed by atoms with van der Waals surface area (Å²) in [6.07, 6.45) is 0. The van der Waals surface area contributed by atoms with Crippen molar-refractivity contribution in [1.82, 2.24) is 0 Å². The number of nitrogens with one attached hydrogen (secondary N) is 1. The van der Waals surface area contributed by atoms with Gasteiger partial charge in [-0.3, -0.25) is 9.59 Å². The van der Waals surface area contributed by atoms with E-state index in [9.17, 15) is 9.59 Å². The Labute approximate surface area is 145 Å². The third kappa shape index (κ3) is 3.21.